The van der Waals surface area contributed by atoms with Gasteiger partial charge in [0.1, 0.15) is 0 Å². The van der Waals surface area contributed by atoms with Crippen molar-refractivity contribution in [2.24, 2.45) is 17.6 Å². The third-order valence-electron chi connectivity index (χ3n) is 3.64. The number of hydrogen-bond donors (Lipinski definition) is 1. The van der Waals surface area contributed by atoms with Crippen molar-refractivity contribution in [2.75, 3.05) is 18.0 Å². The number of halogens is 1. The van der Waals surface area contributed by atoms with Crippen LogP contribution in [0.15, 0.2) is 12.3 Å². The highest BCUT2D eigenvalue weighted by atomic mass is 19.1. The highest BCUT2D eigenvalue weighted by Crippen LogP contribution is 2.29. The predicted octanol–water partition coefficient (Wildman–Crippen LogP) is 2.16. The molecule has 1 aliphatic rings. The normalized spacial score (nSPS) is 20.3. The molecule has 0 radical (unpaired) electrons. The van der Waals surface area contributed by atoms with E-state index in [0.29, 0.717) is 23.2 Å². The molecular formula is C13H20FN3. The average molecular weight is 237 g/mol. The number of pyridine rings is 1. The van der Waals surface area contributed by atoms with Gasteiger partial charge < -0.3 is 10.6 Å². The summed E-state index contributed by atoms with van der Waals surface area (Å²) in [4.78, 5) is 6.20. The van der Waals surface area contributed by atoms with Gasteiger partial charge >= 0.3 is 0 Å². The Labute approximate surface area is 102 Å². The summed E-state index contributed by atoms with van der Waals surface area (Å²) < 4.78 is 14.1. The number of rotatable bonds is 3. The number of hydrogen-bond acceptors (Lipinski definition) is 3. The summed E-state index contributed by atoms with van der Waals surface area (Å²) in [6, 6.07) is 1.65. The van der Waals surface area contributed by atoms with E-state index in [1.807, 2.05) is 4.90 Å². The lowest BCUT2D eigenvalue weighted by Gasteiger charge is -2.20. The van der Waals surface area contributed by atoms with Crippen molar-refractivity contribution in [3.05, 3.63) is 23.6 Å². The Morgan fingerprint density at radius 3 is 2.94 bits per heavy atom. The van der Waals surface area contributed by atoms with Gasteiger partial charge in [0.2, 0.25) is 0 Å². The lowest BCUT2D eigenvalue weighted by molar-refractivity contribution is 0.422. The molecule has 0 aromatic carbocycles. The van der Waals surface area contributed by atoms with Gasteiger partial charge in [-0.15, -0.1) is 0 Å². The Morgan fingerprint density at radius 2 is 2.35 bits per heavy atom. The minimum absolute atomic E-state index is 0.225. The van der Waals surface area contributed by atoms with Gasteiger partial charge in [0, 0.05) is 31.4 Å². The van der Waals surface area contributed by atoms with E-state index in [1.54, 1.807) is 12.3 Å². The number of nitrogens with two attached hydrogens (primary N) is 1. The topological polar surface area (TPSA) is 42.2 Å². The second kappa shape index (κ2) is 5.00. The van der Waals surface area contributed by atoms with E-state index in [1.165, 1.54) is 0 Å². The highest BCUT2D eigenvalue weighted by Gasteiger charge is 2.27. The molecule has 94 valence electrons. The van der Waals surface area contributed by atoms with Crippen LogP contribution in [-0.4, -0.2) is 18.1 Å². The SMILES string of the molecule is CC(C)C1CCN(c2nccc(CN)c2F)C1. The molecule has 2 heterocycles. The van der Waals surface area contributed by atoms with Gasteiger partial charge in [0.05, 0.1) is 0 Å². The van der Waals surface area contributed by atoms with Crippen molar-refractivity contribution in [1.82, 2.24) is 4.98 Å². The van der Waals surface area contributed by atoms with Crippen LogP contribution in [0, 0.1) is 17.7 Å². The zero-order valence-electron chi connectivity index (χ0n) is 10.5. The maximum atomic E-state index is 14.1. The molecule has 3 nitrogen and oxygen atoms in total. The molecule has 0 spiro atoms. The lowest BCUT2D eigenvalue weighted by atomic mass is 9.95. The van der Waals surface area contributed by atoms with Crippen molar-refractivity contribution in [1.29, 1.82) is 0 Å². The molecule has 2 N–H and O–H groups in total. The summed E-state index contributed by atoms with van der Waals surface area (Å²) in [5.41, 5.74) is 6.05. The molecule has 1 aromatic rings. The third-order valence-corrected chi connectivity index (χ3v) is 3.64. The molecule has 1 atom stereocenters. The number of anilines is 1. The zero-order valence-corrected chi connectivity index (χ0v) is 10.5. The highest BCUT2D eigenvalue weighted by molar-refractivity contribution is 5.44. The van der Waals surface area contributed by atoms with Crippen LogP contribution in [-0.2, 0) is 6.54 Å². The first-order valence-electron chi connectivity index (χ1n) is 6.22. The largest absolute Gasteiger partial charge is 0.354 e. The molecule has 0 amide bonds. The summed E-state index contributed by atoms with van der Waals surface area (Å²) in [6.07, 6.45) is 2.76. The molecule has 4 heteroatoms. The van der Waals surface area contributed by atoms with Gasteiger partial charge in [-0.25, -0.2) is 9.37 Å². The van der Waals surface area contributed by atoms with Crippen LogP contribution < -0.4 is 10.6 Å². The molecule has 1 unspecified atom stereocenters. The van der Waals surface area contributed by atoms with Gasteiger partial charge in [-0.3, -0.25) is 0 Å². The quantitative estimate of drug-likeness (QED) is 0.876. The fraction of sp³-hybridized carbons (Fsp3) is 0.615. The number of aromatic nitrogens is 1. The van der Waals surface area contributed by atoms with Crippen LogP contribution in [0.2, 0.25) is 0 Å². The maximum Gasteiger partial charge on any atom is 0.170 e. The molecule has 0 bridgehead atoms. The summed E-state index contributed by atoms with van der Waals surface area (Å²) >= 11 is 0. The molecule has 0 aliphatic carbocycles. The van der Waals surface area contributed by atoms with Crippen LogP contribution in [0.4, 0.5) is 10.2 Å². The van der Waals surface area contributed by atoms with Crippen molar-refractivity contribution < 1.29 is 4.39 Å². The summed E-state index contributed by atoms with van der Waals surface area (Å²) in [6.45, 7) is 6.45. The van der Waals surface area contributed by atoms with Crippen molar-refractivity contribution in [2.45, 2.75) is 26.8 Å². The number of nitrogens with zero attached hydrogens (tertiary/aromatic N) is 2. The van der Waals surface area contributed by atoms with Crippen molar-refractivity contribution >= 4 is 5.82 Å². The first-order chi connectivity index (χ1) is 8.13. The molecule has 1 fully saturated rings. The van der Waals surface area contributed by atoms with Gasteiger partial charge in [0.15, 0.2) is 11.6 Å². The van der Waals surface area contributed by atoms with Crippen molar-refractivity contribution in [3.8, 4) is 0 Å². The molecule has 2 rings (SSSR count). The van der Waals surface area contributed by atoms with E-state index in [0.717, 1.165) is 19.5 Å². The van der Waals surface area contributed by atoms with E-state index in [9.17, 15) is 4.39 Å². The first-order valence-corrected chi connectivity index (χ1v) is 6.22. The Morgan fingerprint density at radius 1 is 1.59 bits per heavy atom. The molecule has 17 heavy (non-hydrogen) atoms. The standard InChI is InChI=1S/C13H20FN3/c1-9(2)11-4-6-17(8-11)13-12(14)10(7-15)3-5-16-13/h3,5,9,11H,4,6-8,15H2,1-2H3. The average Bonchev–Trinajstić information content (AvgIpc) is 2.78. The van der Waals surface area contributed by atoms with Gasteiger partial charge in [-0.05, 0) is 24.3 Å². The van der Waals surface area contributed by atoms with Gasteiger partial charge in [0.25, 0.3) is 0 Å². The maximum absolute atomic E-state index is 14.1. The molecule has 1 saturated heterocycles. The van der Waals surface area contributed by atoms with Crippen LogP contribution in [0.1, 0.15) is 25.8 Å². The molecule has 1 aromatic heterocycles. The van der Waals surface area contributed by atoms with E-state index < -0.39 is 0 Å². The summed E-state index contributed by atoms with van der Waals surface area (Å²) in [5.74, 6) is 1.49. The Balaban J connectivity index is 2.19. The smallest absolute Gasteiger partial charge is 0.170 e. The summed E-state index contributed by atoms with van der Waals surface area (Å²) in [7, 11) is 0. The van der Waals surface area contributed by atoms with E-state index in [2.05, 4.69) is 18.8 Å². The minimum atomic E-state index is -0.251. The predicted molar refractivity (Wildman–Crippen MR) is 67.2 cm³/mol. The van der Waals surface area contributed by atoms with Crippen LogP contribution in [0.3, 0.4) is 0 Å². The second-order valence-corrected chi connectivity index (χ2v) is 5.05. The Hall–Kier alpha value is -1.16. The Bertz CT molecular complexity index is 392. The molecular weight excluding hydrogens is 217 g/mol. The fourth-order valence-corrected chi connectivity index (χ4v) is 2.37. The third kappa shape index (κ3) is 2.41. The van der Waals surface area contributed by atoms with E-state index >= 15 is 0 Å². The lowest BCUT2D eigenvalue weighted by Crippen LogP contribution is -2.24. The molecule has 0 saturated carbocycles. The fourth-order valence-electron chi connectivity index (χ4n) is 2.37. The van der Waals surface area contributed by atoms with Crippen LogP contribution >= 0.6 is 0 Å². The molecule has 1 aliphatic heterocycles. The van der Waals surface area contributed by atoms with Gasteiger partial charge in [-0.2, -0.15) is 0 Å². The van der Waals surface area contributed by atoms with Crippen LogP contribution in [0.5, 0.6) is 0 Å². The monoisotopic (exact) mass is 237 g/mol. The van der Waals surface area contributed by atoms with Gasteiger partial charge in [-0.1, -0.05) is 13.8 Å². The second-order valence-electron chi connectivity index (χ2n) is 5.05. The van der Waals surface area contributed by atoms with Crippen molar-refractivity contribution in [3.63, 3.8) is 0 Å². The summed E-state index contributed by atoms with van der Waals surface area (Å²) in [5, 5.41) is 0. The zero-order chi connectivity index (χ0) is 12.4. The first kappa shape index (κ1) is 12.3. The van der Waals surface area contributed by atoms with Crippen LogP contribution in [0.25, 0.3) is 0 Å². The van der Waals surface area contributed by atoms with E-state index in [4.69, 9.17) is 5.73 Å². The minimum Gasteiger partial charge on any atom is -0.354 e. The van der Waals surface area contributed by atoms with E-state index in [-0.39, 0.29) is 12.4 Å². The Kier molecular flexibility index (Phi) is 3.62.